The molecule has 0 radical (unpaired) electrons. The van der Waals surface area contributed by atoms with Gasteiger partial charge in [0.15, 0.2) is 0 Å². The molecule has 0 spiro atoms. The van der Waals surface area contributed by atoms with Crippen molar-refractivity contribution in [1.82, 2.24) is 15.6 Å². The summed E-state index contributed by atoms with van der Waals surface area (Å²) >= 11 is 0. The monoisotopic (exact) mass is 360 g/mol. The number of rotatable bonds is 7. The number of aromatic nitrogens is 2. The second-order valence-electron chi connectivity index (χ2n) is 5.62. The number of carbonyl (C=O) groups excluding carboxylic acids is 1. The van der Waals surface area contributed by atoms with Crippen molar-refractivity contribution in [2.24, 2.45) is 5.10 Å². The Bertz CT molecular complexity index is 946. The van der Waals surface area contributed by atoms with E-state index in [1.165, 1.54) is 6.21 Å². The van der Waals surface area contributed by atoms with Crippen molar-refractivity contribution in [2.75, 3.05) is 6.61 Å². The number of hydrazone groups is 1. The van der Waals surface area contributed by atoms with Gasteiger partial charge in [0.1, 0.15) is 11.4 Å². The predicted molar refractivity (Wildman–Crippen MR) is 107 cm³/mol. The van der Waals surface area contributed by atoms with E-state index in [2.05, 4.69) is 20.7 Å². The van der Waals surface area contributed by atoms with Crippen LogP contribution in [0, 0.1) is 0 Å². The zero-order chi connectivity index (χ0) is 18.9. The maximum Gasteiger partial charge on any atom is 0.289 e. The molecule has 2 N–H and O–H groups in total. The number of ether oxygens (including phenoxy) is 1. The SMILES string of the molecule is CCOc1cccc(-c2cc(C(=O)N/N=C\C=C\c3ccccc3)[nH]n2)c1. The number of amides is 1. The van der Waals surface area contributed by atoms with Gasteiger partial charge in [-0.1, -0.05) is 48.5 Å². The van der Waals surface area contributed by atoms with Crippen molar-refractivity contribution in [3.05, 3.63) is 78.0 Å². The molecule has 0 aliphatic heterocycles. The number of nitrogens with one attached hydrogen (secondary N) is 2. The lowest BCUT2D eigenvalue weighted by atomic mass is 10.1. The van der Waals surface area contributed by atoms with Gasteiger partial charge in [0, 0.05) is 11.8 Å². The molecule has 6 nitrogen and oxygen atoms in total. The van der Waals surface area contributed by atoms with Crippen LogP contribution in [0.2, 0.25) is 0 Å². The van der Waals surface area contributed by atoms with E-state index in [9.17, 15) is 4.79 Å². The molecular formula is C21H20N4O2. The molecule has 0 aliphatic carbocycles. The molecule has 0 atom stereocenters. The van der Waals surface area contributed by atoms with E-state index in [0.29, 0.717) is 18.0 Å². The Morgan fingerprint density at radius 1 is 1.19 bits per heavy atom. The Kier molecular flexibility index (Phi) is 6.14. The van der Waals surface area contributed by atoms with Gasteiger partial charge in [0.25, 0.3) is 5.91 Å². The van der Waals surface area contributed by atoms with Crippen LogP contribution >= 0.6 is 0 Å². The van der Waals surface area contributed by atoms with Crippen LogP contribution in [0.15, 0.2) is 71.8 Å². The third kappa shape index (κ3) is 5.15. The Balaban J connectivity index is 1.59. The summed E-state index contributed by atoms with van der Waals surface area (Å²) in [5.74, 6) is 0.401. The first-order chi connectivity index (χ1) is 13.3. The maximum absolute atomic E-state index is 12.1. The fraction of sp³-hybridized carbons (Fsp3) is 0.0952. The zero-order valence-electron chi connectivity index (χ0n) is 14.9. The fourth-order valence-electron chi connectivity index (χ4n) is 2.42. The summed E-state index contributed by atoms with van der Waals surface area (Å²) in [5, 5.41) is 10.8. The van der Waals surface area contributed by atoms with Crippen LogP contribution in [-0.4, -0.2) is 28.9 Å². The number of allylic oxidation sites excluding steroid dienone is 1. The van der Waals surface area contributed by atoms with Crippen molar-refractivity contribution in [3.8, 4) is 17.0 Å². The van der Waals surface area contributed by atoms with Gasteiger partial charge >= 0.3 is 0 Å². The summed E-state index contributed by atoms with van der Waals surface area (Å²) in [6.45, 7) is 2.52. The second-order valence-corrected chi connectivity index (χ2v) is 5.62. The highest BCUT2D eigenvalue weighted by atomic mass is 16.5. The van der Waals surface area contributed by atoms with Gasteiger partial charge < -0.3 is 4.74 Å². The van der Waals surface area contributed by atoms with Crippen molar-refractivity contribution < 1.29 is 9.53 Å². The van der Waals surface area contributed by atoms with Crippen LogP contribution in [0.4, 0.5) is 0 Å². The number of aromatic amines is 1. The molecule has 0 unspecified atom stereocenters. The van der Waals surface area contributed by atoms with Gasteiger partial charge in [0.05, 0.1) is 12.3 Å². The molecule has 1 heterocycles. The van der Waals surface area contributed by atoms with E-state index in [1.54, 1.807) is 12.1 Å². The first-order valence-electron chi connectivity index (χ1n) is 8.60. The van der Waals surface area contributed by atoms with Crippen molar-refractivity contribution in [2.45, 2.75) is 6.92 Å². The Labute approximate surface area is 157 Å². The minimum absolute atomic E-state index is 0.330. The standard InChI is InChI=1S/C21H20N4O2/c1-2-27-18-12-6-11-17(14-18)19-15-20(24-23-19)21(26)25-22-13-7-10-16-8-4-3-5-9-16/h3-15H,2H2,1H3,(H,23,24)(H,25,26)/b10-7+,22-13-. The lowest BCUT2D eigenvalue weighted by Crippen LogP contribution is -2.17. The zero-order valence-corrected chi connectivity index (χ0v) is 14.9. The fourth-order valence-corrected chi connectivity index (χ4v) is 2.42. The molecule has 0 saturated carbocycles. The molecule has 1 amide bonds. The molecular weight excluding hydrogens is 340 g/mol. The first kappa shape index (κ1) is 18.1. The largest absolute Gasteiger partial charge is 0.494 e. The van der Waals surface area contributed by atoms with Gasteiger partial charge in [-0.3, -0.25) is 9.89 Å². The number of benzene rings is 2. The average molecular weight is 360 g/mol. The minimum atomic E-state index is -0.362. The van der Waals surface area contributed by atoms with Gasteiger partial charge in [0.2, 0.25) is 0 Å². The summed E-state index contributed by atoms with van der Waals surface area (Å²) in [4.78, 5) is 12.1. The van der Waals surface area contributed by atoms with Crippen molar-refractivity contribution in [3.63, 3.8) is 0 Å². The quantitative estimate of drug-likeness (QED) is 0.495. The summed E-state index contributed by atoms with van der Waals surface area (Å²) in [5.41, 5.74) is 5.38. The number of carbonyl (C=O) groups is 1. The third-order valence-electron chi connectivity index (χ3n) is 3.68. The summed E-state index contributed by atoms with van der Waals surface area (Å²) in [7, 11) is 0. The van der Waals surface area contributed by atoms with E-state index < -0.39 is 0 Å². The normalized spacial score (nSPS) is 11.1. The number of nitrogens with zero attached hydrogens (tertiary/aromatic N) is 2. The summed E-state index contributed by atoms with van der Waals surface area (Å²) < 4.78 is 5.49. The lowest BCUT2D eigenvalue weighted by molar-refractivity contribution is 0.0950. The molecule has 1 aromatic heterocycles. The van der Waals surface area contributed by atoms with Crippen molar-refractivity contribution in [1.29, 1.82) is 0 Å². The van der Waals surface area contributed by atoms with Crippen LogP contribution in [0.3, 0.4) is 0 Å². The Hall–Kier alpha value is -3.67. The highest BCUT2D eigenvalue weighted by molar-refractivity contribution is 5.94. The molecule has 0 fully saturated rings. The third-order valence-corrected chi connectivity index (χ3v) is 3.68. The Morgan fingerprint density at radius 3 is 2.85 bits per heavy atom. The maximum atomic E-state index is 12.1. The minimum Gasteiger partial charge on any atom is -0.494 e. The summed E-state index contributed by atoms with van der Waals surface area (Å²) in [6.07, 6.45) is 5.18. The summed E-state index contributed by atoms with van der Waals surface area (Å²) in [6, 6.07) is 19.1. The van der Waals surface area contributed by atoms with E-state index in [-0.39, 0.29) is 5.91 Å². The number of H-pyrrole nitrogens is 1. The molecule has 0 bridgehead atoms. The smallest absolute Gasteiger partial charge is 0.289 e. The highest BCUT2D eigenvalue weighted by Crippen LogP contribution is 2.22. The lowest BCUT2D eigenvalue weighted by Gasteiger charge is -2.03. The Morgan fingerprint density at radius 2 is 2.04 bits per heavy atom. The van der Waals surface area contributed by atoms with Crippen LogP contribution in [0.1, 0.15) is 23.0 Å². The van der Waals surface area contributed by atoms with Gasteiger partial charge in [-0.05, 0) is 36.8 Å². The topological polar surface area (TPSA) is 79.4 Å². The molecule has 6 heteroatoms. The number of hydrogen-bond acceptors (Lipinski definition) is 4. The first-order valence-corrected chi connectivity index (χ1v) is 8.60. The van der Waals surface area contributed by atoms with Gasteiger partial charge in [-0.25, -0.2) is 5.43 Å². The van der Waals surface area contributed by atoms with Crippen LogP contribution in [0.25, 0.3) is 17.3 Å². The van der Waals surface area contributed by atoms with E-state index in [4.69, 9.17) is 4.74 Å². The van der Waals surface area contributed by atoms with Crippen LogP contribution in [0.5, 0.6) is 5.75 Å². The van der Waals surface area contributed by atoms with E-state index in [0.717, 1.165) is 16.9 Å². The van der Waals surface area contributed by atoms with Crippen LogP contribution in [-0.2, 0) is 0 Å². The van der Waals surface area contributed by atoms with E-state index >= 15 is 0 Å². The molecule has 2 aromatic carbocycles. The van der Waals surface area contributed by atoms with Crippen molar-refractivity contribution >= 4 is 18.2 Å². The predicted octanol–water partition coefficient (Wildman–Crippen LogP) is 3.90. The van der Waals surface area contributed by atoms with E-state index in [1.807, 2.05) is 67.6 Å². The second kappa shape index (κ2) is 9.15. The highest BCUT2D eigenvalue weighted by Gasteiger charge is 2.10. The molecule has 27 heavy (non-hydrogen) atoms. The van der Waals surface area contributed by atoms with Gasteiger partial charge in [-0.15, -0.1) is 0 Å². The number of hydrogen-bond donors (Lipinski definition) is 2. The molecule has 3 aromatic rings. The molecule has 3 rings (SSSR count). The van der Waals surface area contributed by atoms with Gasteiger partial charge in [-0.2, -0.15) is 10.2 Å². The molecule has 136 valence electrons. The molecule has 0 saturated heterocycles. The van der Waals surface area contributed by atoms with Crippen LogP contribution < -0.4 is 10.2 Å². The molecule has 0 aliphatic rings. The average Bonchev–Trinajstić information content (AvgIpc) is 3.19.